The van der Waals surface area contributed by atoms with E-state index in [9.17, 15) is 4.39 Å². The number of halogens is 1. The molecule has 0 spiro atoms. The molecule has 0 fully saturated rings. The van der Waals surface area contributed by atoms with Gasteiger partial charge in [0.15, 0.2) is 0 Å². The summed E-state index contributed by atoms with van der Waals surface area (Å²) in [4.78, 5) is 4.67. The molecule has 4 heteroatoms. The molecule has 102 valence electrons. The Kier molecular flexibility index (Phi) is 4.32. The Bertz CT molecular complexity index is 563. The van der Waals surface area contributed by atoms with Gasteiger partial charge in [-0.05, 0) is 37.1 Å². The Balaban J connectivity index is 2.35. The second kappa shape index (κ2) is 5.80. The van der Waals surface area contributed by atoms with Crippen molar-refractivity contribution < 1.29 is 4.39 Å². The van der Waals surface area contributed by atoms with Crippen molar-refractivity contribution in [2.75, 3.05) is 7.05 Å². The molecule has 2 aromatic rings. The number of rotatable bonds is 4. The van der Waals surface area contributed by atoms with Gasteiger partial charge in [-0.15, -0.1) is 11.3 Å². The first-order valence-corrected chi connectivity index (χ1v) is 7.29. The minimum absolute atomic E-state index is 0.0248. The van der Waals surface area contributed by atoms with Gasteiger partial charge < -0.3 is 5.32 Å². The molecule has 0 aliphatic heterocycles. The average Bonchev–Trinajstić information content (AvgIpc) is 2.84. The highest BCUT2D eigenvalue weighted by Gasteiger charge is 2.17. The number of hydrogen-bond acceptors (Lipinski definition) is 3. The van der Waals surface area contributed by atoms with Gasteiger partial charge >= 0.3 is 0 Å². The van der Waals surface area contributed by atoms with Crippen LogP contribution in [0.25, 0.3) is 0 Å². The molecule has 0 bridgehead atoms. The number of nitrogens with zero attached hydrogens (tertiary/aromatic N) is 1. The summed E-state index contributed by atoms with van der Waals surface area (Å²) in [6, 6.07) is 5.25. The molecule has 0 aliphatic carbocycles. The summed E-state index contributed by atoms with van der Waals surface area (Å²) in [7, 11) is 1.90. The molecule has 2 rings (SSSR count). The van der Waals surface area contributed by atoms with Crippen LogP contribution in [0.5, 0.6) is 0 Å². The van der Waals surface area contributed by atoms with Crippen molar-refractivity contribution in [1.29, 1.82) is 0 Å². The van der Waals surface area contributed by atoms with Crippen molar-refractivity contribution in [2.45, 2.75) is 32.7 Å². The van der Waals surface area contributed by atoms with Crippen molar-refractivity contribution in [1.82, 2.24) is 10.3 Å². The number of aryl methyl sites for hydroxylation is 1. The lowest BCUT2D eigenvalue weighted by Gasteiger charge is -2.15. The molecule has 1 heterocycles. The van der Waals surface area contributed by atoms with Gasteiger partial charge in [-0.3, -0.25) is 0 Å². The Morgan fingerprint density at radius 2 is 2.05 bits per heavy atom. The van der Waals surface area contributed by atoms with Gasteiger partial charge in [0.2, 0.25) is 0 Å². The van der Waals surface area contributed by atoms with E-state index in [0.29, 0.717) is 11.5 Å². The molecule has 0 aliphatic rings. The van der Waals surface area contributed by atoms with Crippen LogP contribution >= 0.6 is 11.3 Å². The first kappa shape index (κ1) is 14.2. The fourth-order valence-corrected chi connectivity index (χ4v) is 3.09. The van der Waals surface area contributed by atoms with Crippen molar-refractivity contribution >= 4 is 11.3 Å². The Morgan fingerprint density at radius 1 is 1.32 bits per heavy atom. The lowest BCUT2D eigenvalue weighted by molar-refractivity contribution is 0.613. The number of hydrogen-bond donors (Lipinski definition) is 1. The van der Waals surface area contributed by atoms with E-state index in [1.807, 2.05) is 19.2 Å². The molecule has 2 nitrogen and oxygen atoms in total. The first-order chi connectivity index (χ1) is 9.02. The first-order valence-electron chi connectivity index (χ1n) is 6.41. The van der Waals surface area contributed by atoms with Crippen LogP contribution in [-0.4, -0.2) is 12.0 Å². The summed E-state index contributed by atoms with van der Waals surface area (Å²) >= 11 is 1.65. The van der Waals surface area contributed by atoms with E-state index >= 15 is 0 Å². The Labute approximate surface area is 117 Å². The molecule has 0 saturated carbocycles. The van der Waals surface area contributed by atoms with Gasteiger partial charge in [-0.25, -0.2) is 9.37 Å². The highest BCUT2D eigenvalue weighted by molar-refractivity contribution is 7.09. The maximum absolute atomic E-state index is 13.3. The average molecular weight is 278 g/mol. The third-order valence-electron chi connectivity index (χ3n) is 3.18. The van der Waals surface area contributed by atoms with E-state index in [1.165, 1.54) is 6.07 Å². The second-order valence-corrected chi connectivity index (χ2v) is 5.89. The summed E-state index contributed by atoms with van der Waals surface area (Å²) in [6.45, 7) is 6.05. The van der Waals surface area contributed by atoms with Crippen LogP contribution in [0.1, 0.15) is 47.6 Å². The highest BCUT2D eigenvalue weighted by atomic mass is 32.1. The number of thiazole rings is 1. The zero-order valence-corrected chi connectivity index (χ0v) is 12.5. The zero-order valence-electron chi connectivity index (χ0n) is 11.7. The normalized spacial score (nSPS) is 12.9. The fraction of sp³-hybridized carbons (Fsp3) is 0.400. The van der Waals surface area contributed by atoms with Crippen molar-refractivity contribution in [2.24, 2.45) is 0 Å². The van der Waals surface area contributed by atoms with E-state index < -0.39 is 0 Å². The molecule has 1 aromatic heterocycles. The summed E-state index contributed by atoms with van der Waals surface area (Å²) in [5.74, 6) is 0.262. The summed E-state index contributed by atoms with van der Waals surface area (Å²) in [5, 5.41) is 6.38. The topological polar surface area (TPSA) is 24.9 Å². The van der Waals surface area contributed by atoms with Crippen molar-refractivity contribution in [3.63, 3.8) is 0 Å². The standard InChI is InChI=1S/C15H19FN2S/c1-9(2)13-8-19-15(18-13)14(17-4)11-5-6-12(16)10(3)7-11/h5-9,14,17H,1-4H3. The highest BCUT2D eigenvalue weighted by Crippen LogP contribution is 2.28. The summed E-state index contributed by atoms with van der Waals surface area (Å²) in [5.41, 5.74) is 2.82. The lowest BCUT2D eigenvalue weighted by Crippen LogP contribution is -2.17. The molecule has 1 unspecified atom stereocenters. The smallest absolute Gasteiger partial charge is 0.126 e. The van der Waals surface area contributed by atoms with E-state index in [1.54, 1.807) is 18.3 Å². The third kappa shape index (κ3) is 3.01. The van der Waals surface area contributed by atoms with Gasteiger partial charge in [-0.1, -0.05) is 26.0 Å². The molecule has 1 atom stereocenters. The van der Waals surface area contributed by atoms with Gasteiger partial charge in [0.1, 0.15) is 10.8 Å². The Hall–Kier alpha value is -1.26. The largest absolute Gasteiger partial charge is 0.307 e. The SMILES string of the molecule is CNC(c1ccc(F)c(C)c1)c1nc(C(C)C)cs1. The molecule has 1 aromatic carbocycles. The maximum Gasteiger partial charge on any atom is 0.126 e. The molecule has 19 heavy (non-hydrogen) atoms. The third-order valence-corrected chi connectivity index (χ3v) is 4.11. The van der Waals surface area contributed by atoms with Gasteiger partial charge in [0, 0.05) is 5.38 Å². The zero-order chi connectivity index (χ0) is 14.0. The minimum Gasteiger partial charge on any atom is -0.307 e. The summed E-state index contributed by atoms with van der Waals surface area (Å²) in [6.07, 6.45) is 0. The van der Waals surface area contributed by atoms with E-state index in [-0.39, 0.29) is 11.9 Å². The van der Waals surface area contributed by atoms with E-state index in [4.69, 9.17) is 0 Å². The van der Waals surface area contributed by atoms with Crippen LogP contribution in [0.2, 0.25) is 0 Å². The van der Waals surface area contributed by atoms with Gasteiger partial charge in [0.05, 0.1) is 11.7 Å². The monoisotopic (exact) mass is 278 g/mol. The molecular weight excluding hydrogens is 259 g/mol. The van der Waals surface area contributed by atoms with Crippen LogP contribution in [0, 0.1) is 12.7 Å². The molecular formula is C15H19FN2S. The van der Waals surface area contributed by atoms with E-state index in [0.717, 1.165) is 16.3 Å². The van der Waals surface area contributed by atoms with Crippen molar-refractivity contribution in [3.05, 3.63) is 51.2 Å². The van der Waals surface area contributed by atoms with Crippen LogP contribution in [0.15, 0.2) is 23.6 Å². The number of aromatic nitrogens is 1. The quantitative estimate of drug-likeness (QED) is 0.913. The molecule has 0 saturated heterocycles. The molecule has 0 radical (unpaired) electrons. The second-order valence-electron chi connectivity index (χ2n) is 5.00. The molecule has 1 N–H and O–H groups in total. The van der Waals surface area contributed by atoms with Gasteiger partial charge in [-0.2, -0.15) is 0 Å². The van der Waals surface area contributed by atoms with E-state index in [2.05, 4.69) is 29.5 Å². The van der Waals surface area contributed by atoms with Crippen LogP contribution in [-0.2, 0) is 0 Å². The number of nitrogens with one attached hydrogen (secondary N) is 1. The predicted molar refractivity (Wildman–Crippen MR) is 78.2 cm³/mol. The summed E-state index contributed by atoms with van der Waals surface area (Å²) < 4.78 is 13.3. The van der Waals surface area contributed by atoms with Crippen LogP contribution in [0.4, 0.5) is 4.39 Å². The molecule has 0 amide bonds. The van der Waals surface area contributed by atoms with Crippen LogP contribution in [0.3, 0.4) is 0 Å². The lowest BCUT2D eigenvalue weighted by atomic mass is 10.0. The maximum atomic E-state index is 13.3. The van der Waals surface area contributed by atoms with Crippen molar-refractivity contribution in [3.8, 4) is 0 Å². The van der Waals surface area contributed by atoms with Gasteiger partial charge in [0.25, 0.3) is 0 Å². The minimum atomic E-state index is -0.166. The Morgan fingerprint density at radius 3 is 2.58 bits per heavy atom. The fourth-order valence-electron chi connectivity index (χ4n) is 1.98. The van der Waals surface area contributed by atoms with Crippen LogP contribution < -0.4 is 5.32 Å². The number of benzene rings is 1. The predicted octanol–water partition coefficient (Wildman–Crippen LogP) is 4.02.